The van der Waals surface area contributed by atoms with E-state index in [9.17, 15) is 22.8 Å². The molecule has 1 saturated carbocycles. The lowest BCUT2D eigenvalue weighted by molar-refractivity contribution is -0.274. The van der Waals surface area contributed by atoms with E-state index < -0.39 is 11.9 Å². The van der Waals surface area contributed by atoms with Crippen molar-refractivity contribution in [3.63, 3.8) is 0 Å². The van der Waals surface area contributed by atoms with E-state index in [2.05, 4.69) is 30.0 Å². The van der Waals surface area contributed by atoms with Gasteiger partial charge >= 0.3 is 6.36 Å². The Hall–Kier alpha value is -5.12. The molecule has 7 rings (SSSR count). The van der Waals surface area contributed by atoms with Gasteiger partial charge in [0, 0.05) is 38.6 Å². The van der Waals surface area contributed by atoms with Crippen molar-refractivity contribution < 1.29 is 37.0 Å². The highest BCUT2D eigenvalue weighted by molar-refractivity contribution is 5.87. The van der Waals surface area contributed by atoms with Crippen LogP contribution in [0.5, 0.6) is 17.2 Å². The van der Waals surface area contributed by atoms with Crippen molar-refractivity contribution in [2.45, 2.75) is 50.6 Å². The molecule has 0 radical (unpaired) electrons. The van der Waals surface area contributed by atoms with E-state index in [4.69, 9.17) is 9.47 Å². The zero-order valence-corrected chi connectivity index (χ0v) is 30.0. The molecule has 4 aromatic rings. The van der Waals surface area contributed by atoms with E-state index in [1.807, 2.05) is 21.9 Å². The molecule has 2 aliphatic heterocycles. The molecule has 0 atom stereocenters. The summed E-state index contributed by atoms with van der Waals surface area (Å²) in [7, 11) is 5.01. The number of fused-ring (bicyclic) bond motifs is 3. The first kappa shape index (κ1) is 36.2. The van der Waals surface area contributed by atoms with Gasteiger partial charge in [-0.3, -0.25) is 9.59 Å². The van der Waals surface area contributed by atoms with Crippen LogP contribution in [0.15, 0.2) is 48.9 Å². The molecular formula is C37H43F3N8O5. The smallest absolute Gasteiger partial charge is 0.493 e. The number of ether oxygens (including phenoxy) is 3. The highest BCUT2D eigenvalue weighted by Gasteiger charge is 2.49. The van der Waals surface area contributed by atoms with Gasteiger partial charge in [-0.1, -0.05) is 12.1 Å². The number of piperazine rings is 1. The Kier molecular flexibility index (Phi) is 10.1. The minimum absolute atomic E-state index is 0.0444. The summed E-state index contributed by atoms with van der Waals surface area (Å²) in [5.41, 5.74) is 2.82. The molecule has 53 heavy (non-hydrogen) atoms. The molecule has 2 amide bonds. The zero-order valence-electron chi connectivity index (χ0n) is 30.0. The van der Waals surface area contributed by atoms with Gasteiger partial charge in [-0.15, -0.1) is 13.2 Å². The number of methoxy groups -OCH3 is 2. The van der Waals surface area contributed by atoms with Crippen molar-refractivity contribution >= 4 is 28.7 Å². The van der Waals surface area contributed by atoms with Crippen LogP contribution in [-0.2, 0) is 28.1 Å². The third kappa shape index (κ3) is 7.15. The van der Waals surface area contributed by atoms with E-state index in [-0.39, 0.29) is 36.6 Å². The maximum absolute atomic E-state index is 14.0. The number of carbonyl (C=O) groups is 2. The monoisotopic (exact) mass is 736 g/mol. The first-order chi connectivity index (χ1) is 25.5. The largest absolute Gasteiger partial charge is 0.573 e. The van der Waals surface area contributed by atoms with Crippen LogP contribution in [0.3, 0.4) is 0 Å². The number of nitrogens with one attached hydrogen (secondary N) is 1. The predicted octanol–water partition coefficient (Wildman–Crippen LogP) is 4.13. The molecule has 1 aliphatic carbocycles. The number of halogens is 3. The first-order valence-corrected chi connectivity index (χ1v) is 17.8. The van der Waals surface area contributed by atoms with Gasteiger partial charge in [-0.25, -0.2) is 14.6 Å². The summed E-state index contributed by atoms with van der Waals surface area (Å²) >= 11 is 0. The van der Waals surface area contributed by atoms with Gasteiger partial charge in [0.15, 0.2) is 17.1 Å². The van der Waals surface area contributed by atoms with Gasteiger partial charge in [-0.2, -0.15) is 5.10 Å². The van der Waals surface area contributed by atoms with Crippen LogP contribution in [0.25, 0.3) is 11.0 Å². The summed E-state index contributed by atoms with van der Waals surface area (Å²) < 4.78 is 55.2. The van der Waals surface area contributed by atoms with Gasteiger partial charge in [-0.05, 0) is 80.1 Å². The maximum atomic E-state index is 14.0. The Morgan fingerprint density at radius 2 is 1.72 bits per heavy atom. The summed E-state index contributed by atoms with van der Waals surface area (Å²) in [5.74, 6) is 1.71. The van der Waals surface area contributed by atoms with Crippen LogP contribution in [0.4, 0.5) is 19.0 Å². The van der Waals surface area contributed by atoms with E-state index in [0.717, 1.165) is 11.1 Å². The van der Waals surface area contributed by atoms with Gasteiger partial charge in [0.2, 0.25) is 11.8 Å². The lowest BCUT2D eigenvalue weighted by atomic mass is 9.68. The fourth-order valence-electron chi connectivity index (χ4n) is 8.30. The molecule has 13 nitrogen and oxygen atoms in total. The number of anilines is 1. The molecule has 0 bridgehead atoms. The zero-order chi connectivity index (χ0) is 37.3. The molecule has 0 unspecified atom stereocenters. The number of nitrogens with zero attached hydrogens (tertiary/aromatic N) is 7. The molecular weight excluding hydrogens is 693 g/mol. The number of benzene rings is 2. The number of amides is 2. The summed E-state index contributed by atoms with van der Waals surface area (Å²) in [6.07, 6.45) is 1.71. The Balaban J connectivity index is 1.02. The normalized spacial score (nSPS) is 20.4. The van der Waals surface area contributed by atoms with Crippen molar-refractivity contribution in [3.05, 3.63) is 65.6 Å². The predicted molar refractivity (Wildman–Crippen MR) is 189 cm³/mol. The molecule has 1 spiro atoms. The van der Waals surface area contributed by atoms with Gasteiger partial charge < -0.3 is 34.2 Å². The van der Waals surface area contributed by atoms with E-state index in [1.165, 1.54) is 24.5 Å². The van der Waals surface area contributed by atoms with Crippen LogP contribution < -0.4 is 24.4 Å². The van der Waals surface area contributed by atoms with Gasteiger partial charge in [0.1, 0.15) is 17.9 Å². The molecule has 282 valence electrons. The number of hydrogen-bond acceptors (Lipinski definition) is 10. The second-order valence-corrected chi connectivity index (χ2v) is 13.7. The Labute approximate surface area is 305 Å². The van der Waals surface area contributed by atoms with Crippen LogP contribution in [0, 0.1) is 5.92 Å². The van der Waals surface area contributed by atoms with Crippen molar-refractivity contribution in [2.24, 2.45) is 5.92 Å². The number of alkyl halides is 3. The lowest BCUT2D eigenvalue weighted by Gasteiger charge is -2.52. The highest BCUT2D eigenvalue weighted by atomic mass is 19.4. The first-order valence-electron chi connectivity index (χ1n) is 17.8. The fourth-order valence-corrected chi connectivity index (χ4v) is 8.30. The Morgan fingerprint density at radius 3 is 2.42 bits per heavy atom. The number of rotatable bonds is 9. The lowest BCUT2D eigenvalue weighted by Crippen LogP contribution is -2.57. The third-order valence-electron chi connectivity index (χ3n) is 10.8. The van der Waals surface area contributed by atoms with E-state index >= 15 is 0 Å². The standard InChI is InChI=1S/C37H43F3N8O5/c1-41-21-32(49)47-12-9-26-18-30(51-2)31(52-3)19-29(26)36(47)10-7-25(8-11-36)35(50)46-15-13-45(14-16-46)33-28-20-44-48(34(28)43-23-42-33)22-24-5-4-6-27(17-24)53-37(38,39)40/h4-6,17-20,23,25,41H,7-16,21-22H2,1-3H3/t25-,36-. The summed E-state index contributed by atoms with van der Waals surface area (Å²) in [6, 6.07) is 9.82. The summed E-state index contributed by atoms with van der Waals surface area (Å²) in [5, 5.41) is 8.20. The van der Waals surface area contributed by atoms with Gasteiger partial charge in [0.05, 0.1) is 44.4 Å². The quantitative estimate of drug-likeness (QED) is 0.268. The number of aromatic nitrogens is 4. The second kappa shape index (κ2) is 14.7. The van der Waals surface area contributed by atoms with Crippen LogP contribution in [0.2, 0.25) is 0 Å². The number of carbonyl (C=O) groups excluding carboxylic acids is 2. The van der Waals surface area contributed by atoms with Crippen molar-refractivity contribution in [2.75, 3.05) is 65.4 Å². The average molecular weight is 737 g/mol. The number of hydrogen-bond donors (Lipinski definition) is 1. The minimum atomic E-state index is -4.78. The molecule has 3 aliphatic rings. The van der Waals surface area contributed by atoms with Crippen molar-refractivity contribution in [3.8, 4) is 17.2 Å². The molecule has 4 heterocycles. The van der Waals surface area contributed by atoms with Gasteiger partial charge in [0.25, 0.3) is 0 Å². The highest BCUT2D eigenvalue weighted by Crippen LogP contribution is 2.50. The maximum Gasteiger partial charge on any atom is 0.573 e. The Bertz CT molecular complexity index is 1970. The van der Waals surface area contributed by atoms with Crippen molar-refractivity contribution in [1.82, 2.24) is 34.9 Å². The van der Waals surface area contributed by atoms with E-state index in [0.29, 0.717) is 98.7 Å². The van der Waals surface area contributed by atoms with Crippen molar-refractivity contribution in [1.29, 1.82) is 0 Å². The van der Waals surface area contributed by atoms with Crippen LogP contribution >= 0.6 is 0 Å². The molecule has 1 saturated heterocycles. The minimum Gasteiger partial charge on any atom is -0.493 e. The number of likely N-dealkylation sites (N-methyl/N-ethyl adjacent to an activating group) is 1. The SMILES string of the molecule is CNCC(=O)N1CCc2cc(OC)c(OC)cc2[C@]12CC[C@@H](C(=O)N1CCN(c3ncnc4c3cnn4Cc3cccc(OC(F)(F)F)c3)CC1)CC2. The Morgan fingerprint density at radius 1 is 0.981 bits per heavy atom. The molecule has 1 N–H and O–H groups in total. The molecule has 2 fully saturated rings. The fraction of sp³-hybridized carbons (Fsp3) is 0.486. The van der Waals surface area contributed by atoms with Crippen LogP contribution in [-0.4, -0.2) is 108 Å². The molecule has 16 heteroatoms. The third-order valence-corrected chi connectivity index (χ3v) is 10.8. The summed E-state index contributed by atoms with van der Waals surface area (Å²) in [6.45, 7) is 3.22. The topological polar surface area (TPSA) is 127 Å². The molecule has 2 aromatic heterocycles. The second-order valence-electron chi connectivity index (χ2n) is 13.7. The van der Waals surface area contributed by atoms with Crippen LogP contribution in [0.1, 0.15) is 42.4 Å². The average Bonchev–Trinajstić information content (AvgIpc) is 3.56. The van der Waals surface area contributed by atoms with E-state index in [1.54, 1.807) is 38.2 Å². The molecule has 2 aromatic carbocycles. The summed E-state index contributed by atoms with van der Waals surface area (Å²) in [4.78, 5) is 42.5.